The molecule has 2 aromatic heterocycles. The smallest absolute Gasteiger partial charge is 0.255 e. The molecule has 0 aliphatic heterocycles. The lowest BCUT2D eigenvalue weighted by atomic mass is 9.83. The van der Waals surface area contributed by atoms with E-state index in [4.69, 9.17) is 16.9 Å². The summed E-state index contributed by atoms with van der Waals surface area (Å²) in [6, 6.07) is 5.08. The van der Waals surface area contributed by atoms with Crippen molar-refractivity contribution in [1.82, 2.24) is 15.3 Å². The average molecular weight is 505 g/mol. The second-order valence-electron chi connectivity index (χ2n) is 9.65. The molecule has 1 aliphatic carbocycles. The fourth-order valence-electron chi connectivity index (χ4n) is 3.67. The molecule has 3 rings (SSSR count). The van der Waals surface area contributed by atoms with Gasteiger partial charge < -0.3 is 26.2 Å². The van der Waals surface area contributed by atoms with Crippen LogP contribution in [-0.4, -0.2) is 56.0 Å². The van der Waals surface area contributed by atoms with Crippen LogP contribution in [0.4, 0.5) is 21.7 Å². The monoisotopic (exact) mass is 504 g/mol. The van der Waals surface area contributed by atoms with Crippen LogP contribution in [0.15, 0.2) is 24.5 Å². The Morgan fingerprint density at radius 2 is 2.03 bits per heavy atom. The Morgan fingerprint density at radius 1 is 1.34 bits per heavy atom. The minimum absolute atomic E-state index is 0.0129. The van der Waals surface area contributed by atoms with Gasteiger partial charge in [-0.15, -0.1) is 0 Å². The van der Waals surface area contributed by atoms with E-state index in [0.29, 0.717) is 48.6 Å². The van der Waals surface area contributed by atoms with Crippen LogP contribution in [0.5, 0.6) is 0 Å². The third kappa shape index (κ3) is 7.24. The first kappa shape index (κ1) is 26.6. The molecule has 0 unspecified atom stereocenters. The van der Waals surface area contributed by atoms with Crippen molar-refractivity contribution in [2.75, 3.05) is 17.2 Å². The molecule has 35 heavy (non-hydrogen) atoms. The zero-order chi connectivity index (χ0) is 25.8. The summed E-state index contributed by atoms with van der Waals surface area (Å²) >= 11 is 6.21. The second kappa shape index (κ2) is 10.7. The molecular weight excluding hydrogens is 475 g/mol. The van der Waals surface area contributed by atoms with Crippen LogP contribution in [0.2, 0.25) is 5.02 Å². The number of hydrogen-bond donors (Lipinski definition) is 5. The summed E-state index contributed by atoms with van der Waals surface area (Å²) in [5.74, 6) is 0.0992. The quantitative estimate of drug-likeness (QED) is 0.366. The minimum Gasteiger partial charge on any atom is -0.390 e. The maximum Gasteiger partial charge on any atom is 0.255 e. The molecule has 188 valence electrons. The molecule has 0 bridgehead atoms. The topological polar surface area (TPSA) is 143 Å². The molecule has 2 heterocycles. The molecular formula is C24H30ClFN6O3. The molecule has 1 amide bonds. The van der Waals surface area contributed by atoms with Crippen molar-refractivity contribution < 1.29 is 19.4 Å². The van der Waals surface area contributed by atoms with Crippen LogP contribution in [0, 0.1) is 11.3 Å². The van der Waals surface area contributed by atoms with Gasteiger partial charge in [0.15, 0.2) is 0 Å². The number of anilines is 3. The third-order valence-corrected chi connectivity index (χ3v) is 6.28. The Bertz CT molecular complexity index is 1110. The number of hydrogen-bond acceptors (Lipinski definition) is 8. The molecule has 0 spiro atoms. The summed E-state index contributed by atoms with van der Waals surface area (Å²) < 4.78 is 14.2. The van der Waals surface area contributed by atoms with Gasteiger partial charge in [-0.2, -0.15) is 5.26 Å². The van der Waals surface area contributed by atoms with Gasteiger partial charge >= 0.3 is 0 Å². The number of nitriles is 1. The maximum atomic E-state index is 14.2. The molecule has 1 atom stereocenters. The highest BCUT2D eigenvalue weighted by Crippen LogP contribution is 2.31. The molecule has 11 heteroatoms. The Balaban J connectivity index is 1.83. The van der Waals surface area contributed by atoms with Crippen LogP contribution in [0.3, 0.4) is 0 Å². The molecule has 1 saturated carbocycles. The molecule has 9 nitrogen and oxygen atoms in total. The first-order chi connectivity index (χ1) is 16.4. The number of rotatable bonds is 8. The average Bonchev–Trinajstić information content (AvgIpc) is 2.79. The SMILES string of the molecule is CC(C)(O)[C@H](F)CNC(=O)c1cnc(Nc2ncc(C#N)cc2Cl)cc1N[C@H]1CC[C@](C)(O)CC1. The van der Waals surface area contributed by atoms with E-state index in [1.165, 1.54) is 32.3 Å². The predicted molar refractivity (Wildman–Crippen MR) is 132 cm³/mol. The van der Waals surface area contributed by atoms with Gasteiger partial charge in [0.2, 0.25) is 0 Å². The van der Waals surface area contributed by atoms with Crippen molar-refractivity contribution in [3.8, 4) is 6.07 Å². The molecule has 0 saturated heterocycles. The fraction of sp³-hybridized carbons (Fsp3) is 0.500. The van der Waals surface area contributed by atoms with Crippen LogP contribution in [0.25, 0.3) is 0 Å². The van der Waals surface area contributed by atoms with Crippen LogP contribution in [0.1, 0.15) is 62.4 Å². The third-order valence-electron chi connectivity index (χ3n) is 6.00. The summed E-state index contributed by atoms with van der Waals surface area (Å²) in [5, 5.41) is 38.1. The molecule has 0 aromatic carbocycles. The summed E-state index contributed by atoms with van der Waals surface area (Å²) in [7, 11) is 0. The number of aliphatic hydroxyl groups is 2. The first-order valence-electron chi connectivity index (χ1n) is 11.3. The Morgan fingerprint density at radius 3 is 2.63 bits per heavy atom. The van der Waals surface area contributed by atoms with E-state index < -0.39 is 23.3 Å². The van der Waals surface area contributed by atoms with Crippen LogP contribution >= 0.6 is 11.6 Å². The van der Waals surface area contributed by atoms with E-state index in [1.807, 2.05) is 6.07 Å². The molecule has 1 aliphatic rings. The molecule has 2 aromatic rings. The van der Waals surface area contributed by atoms with Gasteiger partial charge in [0, 0.05) is 24.5 Å². The number of carbonyl (C=O) groups excluding carboxylic acids is 1. The molecule has 0 radical (unpaired) electrons. The van der Waals surface area contributed by atoms with Gasteiger partial charge in [0.1, 0.15) is 23.9 Å². The van der Waals surface area contributed by atoms with Crippen molar-refractivity contribution in [2.45, 2.75) is 69.9 Å². The lowest BCUT2D eigenvalue weighted by Crippen LogP contribution is -2.42. The minimum atomic E-state index is -1.65. The number of carbonyl (C=O) groups is 1. The number of alkyl halides is 1. The lowest BCUT2D eigenvalue weighted by Gasteiger charge is -2.34. The first-order valence-corrected chi connectivity index (χ1v) is 11.7. The van der Waals surface area contributed by atoms with Crippen molar-refractivity contribution in [2.24, 2.45) is 0 Å². The lowest BCUT2D eigenvalue weighted by molar-refractivity contribution is -0.00178. The maximum absolute atomic E-state index is 14.2. The standard InChI is InChI=1S/C24H30ClFN6O3/c1-23(2,34)19(26)13-30-22(33)16-12-28-20(32-21-17(25)8-14(10-27)11-29-21)9-18(16)31-15-4-6-24(3,35)7-5-15/h8-9,11-12,15,19,34-35H,4-7,13H2,1-3H3,(H,30,33)(H2,28,29,31,32)/t15-,19-,24-/m1/s1. The summed E-state index contributed by atoms with van der Waals surface area (Å²) in [6.07, 6.45) is 3.71. The van der Waals surface area contributed by atoms with Crippen molar-refractivity contribution in [3.05, 3.63) is 40.7 Å². The number of amides is 1. The van der Waals surface area contributed by atoms with Crippen molar-refractivity contribution >= 4 is 34.8 Å². The zero-order valence-electron chi connectivity index (χ0n) is 19.9. The van der Waals surface area contributed by atoms with Gasteiger partial charge in [-0.3, -0.25) is 4.79 Å². The van der Waals surface area contributed by atoms with Gasteiger partial charge in [0.05, 0.1) is 39.6 Å². The Hall–Kier alpha value is -3.00. The van der Waals surface area contributed by atoms with E-state index in [0.717, 1.165) is 0 Å². The van der Waals surface area contributed by atoms with Gasteiger partial charge in [-0.1, -0.05) is 11.6 Å². The van der Waals surface area contributed by atoms with Gasteiger partial charge in [-0.25, -0.2) is 14.4 Å². The van der Waals surface area contributed by atoms with E-state index in [-0.39, 0.29) is 23.2 Å². The van der Waals surface area contributed by atoms with Gasteiger partial charge in [0.25, 0.3) is 5.91 Å². The highest BCUT2D eigenvalue weighted by atomic mass is 35.5. The normalized spacial score (nSPS) is 21.0. The highest BCUT2D eigenvalue weighted by molar-refractivity contribution is 6.33. The van der Waals surface area contributed by atoms with E-state index in [9.17, 15) is 19.4 Å². The number of halogens is 2. The number of nitrogens with zero attached hydrogens (tertiary/aromatic N) is 3. The summed E-state index contributed by atoms with van der Waals surface area (Å²) in [6.45, 7) is 4.11. The highest BCUT2D eigenvalue weighted by Gasteiger charge is 2.30. The van der Waals surface area contributed by atoms with Crippen molar-refractivity contribution in [1.29, 1.82) is 5.26 Å². The predicted octanol–water partition coefficient (Wildman–Crippen LogP) is 3.69. The summed E-state index contributed by atoms with van der Waals surface area (Å²) in [4.78, 5) is 21.3. The largest absolute Gasteiger partial charge is 0.390 e. The Labute approximate surface area is 208 Å². The number of nitrogens with one attached hydrogen (secondary N) is 3. The number of aromatic nitrogens is 2. The van der Waals surface area contributed by atoms with Gasteiger partial charge in [-0.05, 0) is 52.5 Å². The Kier molecular flexibility index (Phi) is 8.15. The molecule has 1 fully saturated rings. The second-order valence-corrected chi connectivity index (χ2v) is 10.1. The van der Waals surface area contributed by atoms with E-state index in [1.54, 1.807) is 13.0 Å². The zero-order valence-corrected chi connectivity index (χ0v) is 20.7. The van der Waals surface area contributed by atoms with Crippen molar-refractivity contribution in [3.63, 3.8) is 0 Å². The van der Waals surface area contributed by atoms with E-state index >= 15 is 0 Å². The van der Waals surface area contributed by atoms with Crippen LogP contribution in [-0.2, 0) is 0 Å². The van der Waals surface area contributed by atoms with E-state index in [2.05, 4.69) is 25.9 Å². The number of pyridine rings is 2. The summed E-state index contributed by atoms with van der Waals surface area (Å²) in [5.41, 5.74) is -1.32. The fourth-order valence-corrected chi connectivity index (χ4v) is 3.88. The molecule has 5 N–H and O–H groups in total. The van der Waals surface area contributed by atoms with Crippen LogP contribution < -0.4 is 16.0 Å².